The molecule has 2 amide bonds. The molecule has 3 aromatic rings. The lowest BCUT2D eigenvalue weighted by molar-refractivity contribution is -0.142. The number of carbonyl (C=O) groups is 3. The topological polar surface area (TPSA) is 118 Å². The van der Waals surface area contributed by atoms with E-state index in [-0.39, 0.29) is 22.5 Å². The number of hydrogen-bond donors (Lipinski definition) is 3. The zero-order valence-electron chi connectivity index (χ0n) is 19.0. The third-order valence-electron chi connectivity index (χ3n) is 5.67. The zero-order valence-corrected chi connectivity index (χ0v) is 19.8. The van der Waals surface area contributed by atoms with E-state index < -0.39 is 29.4 Å². The molecule has 0 saturated heterocycles. The summed E-state index contributed by atoms with van der Waals surface area (Å²) in [7, 11) is 0. The van der Waals surface area contributed by atoms with Crippen molar-refractivity contribution in [1.29, 1.82) is 0 Å². The number of amides is 2. The van der Waals surface area contributed by atoms with Crippen molar-refractivity contribution in [2.75, 3.05) is 11.9 Å². The fraction of sp³-hybridized carbons (Fsp3) is 0.280. The Morgan fingerprint density at radius 1 is 1.06 bits per heavy atom. The highest BCUT2D eigenvalue weighted by atomic mass is 32.1. The number of carboxylic acids is 1. The molecule has 8 nitrogen and oxygen atoms in total. The molecule has 1 atom stereocenters. The first kappa shape index (κ1) is 23.4. The monoisotopic (exact) mass is 479 g/mol. The Bertz CT molecular complexity index is 1200. The van der Waals surface area contributed by atoms with Crippen molar-refractivity contribution in [3.63, 3.8) is 0 Å². The molecule has 176 valence electrons. The molecule has 0 unspecified atom stereocenters. The van der Waals surface area contributed by atoms with Gasteiger partial charge in [-0.2, -0.15) is 0 Å². The van der Waals surface area contributed by atoms with Crippen LogP contribution >= 0.6 is 11.3 Å². The summed E-state index contributed by atoms with van der Waals surface area (Å²) in [5.41, 5.74) is 3.82. The summed E-state index contributed by atoms with van der Waals surface area (Å²) in [6.45, 7) is 5.33. The maximum absolute atomic E-state index is 12.5. The molecule has 2 aromatic carbocycles. The molecule has 4 rings (SSSR count). The van der Waals surface area contributed by atoms with Crippen molar-refractivity contribution < 1.29 is 24.2 Å². The highest BCUT2D eigenvalue weighted by Crippen LogP contribution is 2.44. The van der Waals surface area contributed by atoms with Crippen molar-refractivity contribution >= 4 is 34.4 Å². The molecule has 0 spiro atoms. The average molecular weight is 480 g/mol. The summed E-state index contributed by atoms with van der Waals surface area (Å²) in [6, 6.07) is 15.0. The Kier molecular flexibility index (Phi) is 6.39. The number of hydrogen-bond acceptors (Lipinski definition) is 6. The number of fused-ring (bicyclic) bond motifs is 3. The van der Waals surface area contributed by atoms with Crippen LogP contribution in [0.1, 0.15) is 47.5 Å². The van der Waals surface area contributed by atoms with Gasteiger partial charge in [-0.3, -0.25) is 10.1 Å². The van der Waals surface area contributed by atoms with Gasteiger partial charge in [0.1, 0.15) is 17.5 Å². The molecule has 0 fully saturated rings. The molecule has 34 heavy (non-hydrogen) atoms. The number of aliphatic carboxylic acids is 1. The number of aromatic nitrogens is 1. The van der Waals surface area contributed by atoms with Crippen LogP contribution in [0.25, 0.3) is 11.1 Å². The van der Waals surface area contributed by atoms with Gasteiger partial charge in [-0.15, -0.1) is 0 Å². The summed E-state index contributed by atoms with van der Waals surface area (Å²) in [6.07, 6.45) is 0.613. The van der Waals surface area contributed by atoms with Crippen molar-refractivity contribution in [2.24, 2.45) is 5.41 Å². The second-order valence-electron chi connectivity index (χ2n) is 9.09. The second kappa shape index (κ2) is 9.26. The Labute approximate surface area is 201 Å². The first-order valence-corrected chi connectivity index (χ1v) is 11.6. The van der Waals surface area contributed by atoms with Gasteiger partial charge >= 0.3 is 12.1 Å². The SMILES string of the molecule is CC(C)(C)[C@H](NC(=O)c1cnc(NC(=O)OCC2c3ccccc3-c3ccccc32)s1)C(=O)O. The summed E-state index contributed by atoms with van der Waals surface area (Å²) in [5, 5.41) is 14.6. The van der Waals surface area contributed by atoms with Crippen LogP contribution in [-0.2, 0) is 9.53 Å². The normalized spacial score (nSPS) is 13.5. The Balaban J connectivity index is 1.38. The quantitative estimate of drug-likeness (QED) is 0.470. The van der Waals surface area contributed by atoms with Crippen LogP contribution < -0.4 is 10.6 Å². The van der Waals surface area contributed by atoms with Gasteiger partial charge in [0.2, 0.25) is 0 Å². The minimum absolute atomic E-state index is 0.0684. The molecular formula is C25H25N3O5S. The molecule has 3 N–H and O–H groups in total. The Morgan fingerprint density at radius 2 is 1.65 bits per heavy atom. The van der Waals surface area contributed by atoms with Crippen LogP contribution in [-0.4, -0.2) is 40.7 Å². The molecule has 0 radical (unpaired) electrons. The van der Waals surface area contributed by atoms with Crippen molar-refractivity contribution in [1.82, 2.24) is 10.3 Å². The maximum Gasteiger partial charge on any atom is 0.413 e. The molecule has 0 aliphatic heterocycles. The number of nitrogens with zero attached hydrogens (tertiary/aromatic N) is 1. The highest BCUT2D eigenvalue weighted by molar-refractivity contribution is 7.17. The van der Waals surface area contributed by atoms with E-state index in [9.17, 15) is 19.5 Å². The summed E-state index contributed by atoms with van der Waals surface area (Å²) >= 11 is 0.941. The van der Waals surface area contributed by atoms with E-state index in [4.69, 9.17) is 4.74 Å². The number of ether oxygens (including phenoxy) is 1. The van der Waals surface area contributed by atoms with E-state index in [1.807, 2.05) is 36.4 Å². The van der Waals surface area contributed by atoms with Gasteiger partial charge in [0, 0.05) is 5.92 Å². The van der Waals surface area contributed by atoms with Crippen LogP contribution in [0.2, 0.25) is 0 Å². The minimum atomic E-state index is -1.12. The van der Waals surface area contributed by atoms with E-state index in [2.05, 4.69) is 27.8 Å². The molecule has 1 aliphatic carbocycles. The first-order chi connectivity index (χ1) is 16.1. The zero-order chi connectivity index (χ0) is 24.5. The van der Waals surface area contributed by atoms with E-state index in [0.717, 1.165) is 33.6 Å². The van der Waals surface area contributed by atoms with Gasteiger partial charge in [0.05, 0.1) is 6.20 Å². The number of thiazole rings is 1. The van der Waals surface area contributed by atoms with E-state index in [0.29, 0.717) is 0 Å². The fourth-order valence-corrected chi connectivity index (χ4v) is 4.71. The third kappa shape index (κ3) is 4.79. The van der Waals surface area contributed by atoms with Crippen molar-refractivity contribution in [3.05, 3.63) is 70.7 Å². The highest BCUT2D eigenvalue weighted by Gasteiger charge is 2.33. The van der Waals surface area contributed by atoms with Crippen LogP contribution in [0.15, 0.2) is 54.7 Å². The summed E-state index contributed by atoms with van der Waals surface area (Å²) < 4.78 is 5.49. The van der Waals surface area contributed by atoms with Crippen LogP contribution in [0.3, 0.4) is 0 Å². The molecule has 1 heterocycles. The molecule has 0 saturated carbocycles. The van der Waals surface area contributed by atoms with Crippen molar-refractivity contribution in [3.8, 4) is 11.1 Å². The number of carboxylic acid groups (broad SMARTS) is 1. The van der Waals surface area contributed by atoms with Gasteiger partial charge in [-0.1, -0.05) is 80.6 Å². The third-order valence-corrected chi connectivity index (χ3v) is 6.58. The lowest BCUT2D eigenvalue weighted by Gasteiger charge is -2.27. The van der Waals surface area contributed by atoms with E-state index in [1.165, 1.54) is 6.20 Å². The Hall–Kier alpha value is -3.72. The fourth-order valence-electron chi connectivity index (χ4n) is 4.01. The van der Waals surface area contributed by atoms with Gasteiger partial charge < -0.3 is 15.2 Å². The van der Waals surface area contributed by atoms with Crippen molar-refractivity contribution in [2.45, 2.75) is 32.7 Å². The number of anilines is 1. The van der Waals surface area contributed by atoms with E-state index in [1.54, 1.807) is 20.8 Å². The number of rotatable bonds is 6. The van der Waals surface area contributed by atoms with Gasteiger partial charge in [0.25, 0.3) is 5.91 Å². The molecular weight excluding hydrogens is 454 g/mol. The number of carbonyl (C=O) groups excluding carboxylic acids is 2. The predicted molar refractivity (Wildman–Crippen MR) is 129 cm³/mol. The molecule has 0 bridgehead atoms. The standard InChI is InChI=1S/C25H25N3O5S/c1-25(2,3)20(22(30)31)27-21(29)19-12-26-23(34-19)28-24(32)33-13-18-16-10-6-4-8-14(16)15-9-5-7-11-17(15)18/h4-12,18,20H,13H2,1-3H3,(H,27,29)(H,30,31)(H,26,28,32)/t20-/m1/s1. The number of benzene rings is 2. The minimum Gasteiger partial charge on any atom is -0.480 e. The Morgan fingerprint density at radius 3 is 2.21 bits per heavy atom. The van der Waals surface area contributed by atoms with Gasteiger partial charge in [-0.25, -0.2) is 14.6 Å². The smallest absolute Gasteiger partial charge is 0.413 e. The van der Waals surface area contributed by atoms with E-state index >= 15 is 0 Å². The molecule has 9 heteroatoms. The van der Waals surface area contributed by atoms with Gasteiger partial charge in [0.15, 0.2) is 5.13 Å². The number of nitrogens with one attached hydrogen (secondary N) is 2. The maximum atomic E-state index is 12.5. The van der Waals surface area contributed by atoms with Crippen LogP contribution in [0.5, 0.6) is 0 Å². The lowest BCUT2D eigenvalue weighted by atomic mass is 9.87. The largest absolute Gasteiger partial charge is 0.480 e. The van der Waals surface area contributed by atoms with Crippen LogP contribution in [0.4, 0.5) is 9.93 Å². The lowest BCUT2D eigenvalue weighted by Crippen LogP contribution is -2.48. The second-order valence-corrected chi connectivity index (χ2v) is 10.1. The first-order valence-electron chi connectivity index (χ1n) is 10.8. The summed E-state index contributed by atoms with van der Waals surface area (Å²) in [5.74, 6) is -1.76. The van der Waals surface area contributed by atoms with Crippen LogP contribution in [0, 0.1) is 5.41 Å². The molecule has 1 aliphatic rings. The average Bonchev–Trinajstić information content (AvgIpc) is 3.37. The predicted octanol–water partition coefficient (Wildman–Crippen LogP) is 4.73. The summed E-state index contributed by atoms with van der Waals surface area (Å²) in [4.78, 5) is 40.6. The molecule has 1 aromatic heterocycles. The van der Waals surface area contributed by atoms with Gasteiger partial charge in [-0.05, 0) is 27.7 Å².